The van der Waals surface area contributed by atoms with Gasteiger partial charge in [0.1, 0.15) is 10.7 Å². The van der Waals surface area contributed by atoms with E-state index in [1.165, 1.54) is 29.8 Å². The van der Waals surface area contributed by atoms with Crippen molar-refractivity contribution in [3.8, 4) is 0 Å². The third kappa shape index (κ3) is 3.02. The number of hydrogen-bond donors (Lipinski definition) is 0. The van der Waals surface area contributed by atoms with E-state index in [1.807, 2.05) is 7.05 Å². The van der Waals surface area contributed by atoms with Gasteiger partial charge in [-0.15, -0.1) is 0 Å². The molecule has 0 aromatic carbocycles. The molecule has 0 N–H and O–H groups in total. The van der Waals surface area contributed by atoms with E-state index >= 15 is 0 Å². The number of aromatic nitrogens is 3. The van der Waals surface area contributed by atoms with Crippen LogP contribution in [0.25, 0.3) is 0 Å². The number of rotatable bonds is 4. The van der Waals surface area contributed by atoms with Crippen LogP contribution in [0.3, 0.4) is 0 Å². The third-order valence-electron chi connectivity index (χ3n) is 2.67. The van der Waals surface area contributed by atoms with Crippen LogP contribution < -0.4 is 0 Å². The van der Waals surface area contributed by atoms with E-state index in [4.69, 9.17) is 0 Å². The molecule has 19 heavy (non-hydrogen) atoms. The zero-order valence-corrected chi connectivity index (χ0v) is 12.9. The maximum atomic E-state index is 12.3. The van der Waals surface area contributed by atoms with Crippen molar-refractivity contribution in [2.45, 2.75) is 11.4 Å². The van der Waals surface area contributed by atoms with Crippen molar-refractivity contribution < 1.29 is 8.42 Å². The summed E-state index contributed by atoms with van der Waals surface area (Å²) in [5.74, 6) is 0.675. The molecular weight excluding hydrogens is 332 g/mol. The van der Waals surface area contributed by atoms with Crippen molar-refractivity contribution in [2.75, 3.05) is 7.05 Å². The Balaban J connectivity index is 2.27. The first-order chi connectivity index (χ1) is 8.91. The van der Waals surface area contributed by atoms with Crippen molar-refractivity contribution in [1.29, 1.82) is 0 Å². The van der Waals surface area contributed by atoms with Gasteiger partial charge in [-0.05, 0) is 22.0 Å². The summed E-state index contributed by atoms with van der Waals surface area (Å²) in [6.45, 7) is 0.207. The molecule has 2 heterocycles. The molecule has 0 atom stereocenters. The number of aryl methyl sites for hydroxylation is 1. The first kappa shape index (κ1) is 14.2. The summed E-state index contributed by atoms with van der Waals surface area (Å²) in [6, 6.07) is 1.53. The fraction of sp³-hybridized carbons (Fsp3) is 0.273. The third-order valence-corrected chi connectivity index (χ3v) is 4.88. The van der Waals surface area contributed by atoms with Gasteiger partial charge in [-0.3, -0.25) is 4.98 Å². The number of halogens is 1. The zero-order chi connectivity index (χ0) is 14.0. The molecule has 0 radical (unpaired) electrons. The van der Waals surface area contributed by atoms with Crippen molar-refractivity contribution in [3.63, 3.8) is 0 Å². The summed E-state index contributed by atoms with van der Waals surface area (Å²) in [7, 11) is -0.225. The van der Waals surface area contributed by atoms with E-state index in [1.54, 1.807) is 17.0 Å². The summed E-state index contributed by atoms with van der Waals surface area (Å²) in [4.78, 5) is 8.14. The lowest BCUT2D eigenvalue weighted by Gasteiger charge is -2.16. The first-order valence-electron chi connectivity index (χ1n) is 5.44. The largest absolute Gasteiger partial charge is 0.337 e. The Bertz CT molecular complexity index is 684. The van der Waals surface area contributed by atoms with E-state index in [2.05, 4.69) is 25.9 Å². The molecule has 6 nitrogen and oxygen atoms in total. The fourth-order valence-electron chi connectivity index (χ4n) is 1.55. The molecule has 0 aliphatic heterocycles. The predicted octanol–water partition coefficient (Wildman–Crippen LogP) is 1.40. The molecule has 0 unspecified atom stereocenters. The SMILES string of the molecule is CN(Cc1nccn1C)S(=O)(=O)c1cncc(Br)c1. The maximum absolute atomic E-state index is 12.3. The van der Waals surface area contributed by atoms with E-state index in [0.29, 0.717) is 10.3 Å². The van der Waals surface area contributed by atoms with Gasteiger partial charge < -0.3 is 4.57 Å². The van der Waals surface area contributed by atoms with Gasteiger partial charge in [-0.2, -0.15) is 4.31 Å². The highest BCUT2D eigenvalue weighted by Gasteiger charge is 2.22. The lowest BCUT2D eigenvalue weighted by Crippen LogP contribution is -2.27. The lowest BCUT2D eigenvalue weighted by molar-refractivity contribution is 0.451. The van der Waals surface area contributed by atoms with Crippen molar-refractivity contribution in [2.24, 2.45) is 7.05 Å². The van der Waals surface area contributed by atoms with Crippen LogP contribution in [-0.4, -0.2) is 34.3 Å². The molecule has 8 heteroatoms. The minimum absolute atomic E-state index is 0.151. The minimum atomic E-state index is -3.57. The molecule has 0 spiro atoms. The van der Waals surface area contributed by atoms with Crippen molar-refractivity contribution in [3.05, 3.63) is 41.2 Å². The zero-order valence-electron chi connectivity index (χ0n) is 10.5. The number of sulfonamides is 1. The van der Waals surface area contributed by atoms with Gasteiger partial charge >= 0.3 is 0 Å². The Kier molecular flexibility index (Phi) is 4.02. The molecule has 0 fully saturated rings. The Morgan fingerprint density at radius 2 is 2.16 bits per heavy atom. The summed E-state index contributed by atoms with van der Waals surface area (Å²) < 4.78 is 28.4. The predicted molar refractivity (Wildman–Crippen MR) is 73.8 cm³/mol. The van der Waals surface area contributed by atoms with Gasteiger partial charge in [0.15, 0.2) is 0 Å². The first-order valence-corrected chi connectivity index (χ1v) is 7.67. The molecule has 0 aliphatic carbocycles. The van der Waals surface area contributed by atoms with Gasteiger partial charge in [0.25, 0.3) is 0 Å². The molecule has 0 bridgehead atoms. The number of hydrogen-bond acceptors (Lipinski definition) is 4. The quantitative estimate of drug-likeness (QED) is 0.840. The molecule has 2 rings (SSSR count). The van der Waals surface area contributed by atoms with Gasteiger partial charge in [0.2, 0.25) is 10.0 Å². The highest BCUT2D eigenvalue weighted by molar-refractivity contribution is 9.10. The number of imidazole rings is 1. The lowest BCUT2D eigenvalue weighted by atomic mass is 10.5. The second-order valence-electron chi connectivity index (χ2n) is 4.05. The average Bonchev–Trinajstić information content (AvgIpc) is 2.75. The van der Waals surface area contributed by atoms with Crippen LogP contribution in [0.1, 0.15) is 5.82 Å². The van der Waals surface area contributed by atoms with Crippen LogP contribution in [0.2, 0.25) is 0 Å². The Morgan fingerprint density at radius 3 is 2.74 bits per heavy atom. The standard InChI is InChI=1S/C11H13BrN4O2S/c1-15-4-3-14-11(15)8-16(2)19(17,18)10-5-9(12)6-13-7-10/h3-7H,8H2,1-2H3. The Labute approximate surface area is 120 Å². The average molecular weight is 345 g/mol. The summed E-state index contributed by atoms with van der Waals surface area (Å²) in [6.07, 6.45) is 6.28. The highest BCUT2D eigenvalue weighted by atomic mass is 79.9. The fourth-order valence-corrected chi connectivity index (χ4v) is 3.18. The molecule has 0 amide bonds. The second-order valence-corrected chi connectivity index (χ2v) is 7.01. The van der Waals surface area contributed by atoms with Gasteiger partial charge in [-0.1, -0.05) is 0 Å². The molecule has 2 aromatic heterocycles. The monoisotopic (exact) mass is 344 g/mol. The summed E-state index contributed by atoms with van der Waals surface area (Å²) in [5.41, 5.74) is 0. The second kappa shape index (κ2) is 5.40. The molecule has 0 saturated heterocycles. The normalized spacial score (nSPS) is 12.0. The smallest absolute Gasteiger partial charge is 0.244 e. The van der Waals surface area contributed by atoms with E-state index in [0.717, 1.165) is 0 Å². The maximum Gasteiger partial charge on any atom is 0.244 e. The van der Waals surface area contributed by atoms with Crippen LogP contribution >= 0.6 is 15.9 Å². The van der Waals surface area contributed by atoms with Gasteiger partial charge in [0.05, 0.1) is 6.54 Å². The highest BCUT2D eigenvalue weighted by Crippen LogP contribution is 2.18. The van der Waals surface area contributed by atoms with Crippen LogP contribution in [0.4, 0.5) is 0 Å². The number of pyridine rings is 1. The van der Waals surface area contributed by atoms with E-state index in [-0.39, 0.29) is 11.4 Å². The van der Waals surface area contributed by atoms with Gasteiger partial charge in [0, 0.05) is 43.4 Å². The molecular formula is C11H13BrN4O2S. The van der Waals surface area contributed by atoms with Crippen LogP contribution in [0.5, 0.6) is 0 Å². The minimum Gasteiger partial charge on any atom is -0.337 e. The van der Waals surface area contributed by atoms with Crippen molar-refractivity contribution >= 4 is 26.0 Å². The Morgan fingerprint density at radius 1 is 1.42 bits per heavy atom. The summed E-state index contributed by atoms with van der Waals surface area (Å²) in [5, 5.41) is 0. The molecule has 0 saturated carbocycles. The topological polar surface area (TPSA) is 68.1 Å². The Hall–Kier alpha value is -1.25. The van der Waals surface area contributed by atoms with E-state index in [9.17, 15) is 8.42 Å². The molecule has 2 aromatic rings. The molecule has 0 aliphatic rings. The van der Waals surface area contributed by atoms with Crippen LogP contribution in [-0.2, 0) is 23.6 Å². The molecule has 102 valence electrons. The number of nitrogens with zero attached hydrogens (tertiary/aromatic N) is 4. The van der Waals surface area contributed by atoms with Crippen LogP contribution in [0.15, 0.2) is 40.2 Å². The summed E-state index contributed by atoms with van der Waals surface area (Å²) >= 11 is 3.21. The van der Waals surface area contributed by atoms with Crippen molar-refractivity contribution in [1.82, 2.24) is 18.8 Å². The van der Waals surface area contributed by atoms with E-state index < -0.39 is 10.0 Å². The van der Waals surface area contributed by atoms with Crippen LogP contribution in [0, 0.1) is 0 Å². The van der Waals surface area contributed by atoms with Gasteiger partial charge in [-0.25, -0.2) is 13.4 Å².